The summed E-state index contributed by atoms with van der Waals surface area (Å²) in [6.07, 6.45) is 1.86. The lowest BCUT2D eigenvalue weighted by Gasteiger charge is -2.28. The molecule has 1 amide bonds. The standard InChI is InChI=1S/C14H26N4O/c1-10(2)12(7-17-11(3)4)13(15)9-18-6-5-16-8-14(18)19/h7,10-11,16H,5-6,8-9,15H2,1-4H3. The Morgan fingerprint density at radius 1 is 1.47 bits per heavy atom. The SMILES string of the molecule is CC(C)N=CC(=C(N)CN1CCNCC1=O)C(C)C. The molecule has 3 N–H and O–H groups in total. The van der Waals surface area contributed by atoms with Gasteiger partial charge in [0.2, 0.25) is 5.91 Å². The van der Waals surface area contributed by atoms with E-state index in [-0.39, 0.29) is 11.9 Å². The molecule has 1 heterocycles. The van der Waals surface area contributed by atoms with Gasteiger partial charge in [-0.05, 0) is 25.3 Å². The van der Waals surface area contributed by atoms with Gasteiger partial charge in [-0.25, -0.2) is 0 Å². The number of carbonyl (C=O) groups excluding carboxylic acids is 1. The number of allylic oxidation sites excluding steroid dienone is 1. The Morgan fingerprint density at radius 3 is 2.68 bits per heavy atom. The fourth-order valence-electron chi connectivity index (χ4n) is 1.94. The number of hydrogen-bond acceptors (Lipinski definition) is 4. The number of nitrogens with two attached hydrogens (primary N) is 1. The Bertz CT molecular complexity index is 372. The van der Waals surface area contributed by atoms with Crippen molar-refractivity contribution in [3.8, 4) is 0 Å². The van der Waals surface area contributed by atoms with Gasteiger partial charge in [0.1, 0.15) is 0 Å². The highest BCUT2D eigenvalue weighted by molar-refractivity contribution is 5.82. The van der Waals surface area contributed by atoms with Crippen LogP contribution in [-0.4, -0.2) is 49.2 Å². The zero-order valence-electron chi connectivity index (χ0n) is 12.4. The van der Waals surface area contributed by atoms with Crippen LogP contribution in [-0.2, 0) is 4.79 Å². The fraction of sp³-hybridized carbons (Fsp3) is 0.714. The topological polar surface area (TPSA) is 70.7 Å². The number of amides is 1. The van der Waals surface area contributed by atoms with E-state index in [9.17, 15) is 4.79 Å². The Balaban J connectivity index is 2.80. The molecular formula is C14H26N4O. The lowest BCUT2D eigenvalue weighted by molar-refractivity contribution is -0.131. The van der Waals surface area contributed by atoms with Crippen LogP contribution < -0.4 is 11.1 Å². The van der Waals surface area contributed by atoms with Gasteiger partial charge >= 0.3 is 0 Å². The number of aliphatic imine (C=N–C) groups is 1. The highest BCUT2D eigenvalue weighted by atomic mass is 16.2. The van der Waals surface area contributed by atoms with E-state index >= 15 is 0 Å². The van der Waals surface area contributed by atoms with Crippen LogP contribution in [0.4, 0.5) is 0 Å². The molecule has 0 aliphatic carbocycles. The third-order valence-corrected chi connectivity index (χ3v) is 3.05. The second-order valence-electron chi connectivity index (χ2n) is 5.50. The summed E-state index contributed by atoms with van der Waals surface area (Å²) >= 11 is 0. The third kappa shape index (κ3) is 5.03. The molecule has 0 aromatic carbocycles. The van der Waals surface area contributed by atoms with E-state index in [1.807, 2.05) is 20.1 Å². The van der Waals surface area contributed by atoms with E-state index in [1.54, 1.807) is 4.90 Å². The van der Waals surface area contributed by atoms with Gasteiger partial charge in [-0.15, -0.1) is 0 Å². The largest absolute Gasteiger partial charge is 0.400 e. The minimum Gasteiger partial charge on any atom is -0.400 e. The summed E-state index contributed by atoms with van der Waals surface area (Å²) in [6.45, 7) is 10.7. The Hall–Kier alpha value is -1.36. The van der Waals surface area contributed by atoms with Crippen LogP contribution in [0, 0.1) is 5.92 Å². The summed E-state index contributed by atoms with van der Waals surface area (Å²) in [4.78, 5) is 17.9. The van der Waals surface area contributed by atoms with Crippen LogP contribution in [0.25, 0.3) is 0 Å². The molecule has 1 aliphatic rings. The molecule has 5 nitrogen and oxygen atoms in total. The van der Waals surface area contributed by atoms with Gasteiger partial charge in [0.15, 0.2) is 0 Å². The van der Waals surface area contributed by atoms with Crippen LogP contribution in [0.5, 0.6) is 0 Å². The van der Waals surface area contributed by atoms with Gasteiger partial charge < -0.3 is 16.0 Å². The summed E-state index contributed by atoms with van der Waals surface area (Å²) in [5, 5.41) is 3.06. The van der Waals surface area contributed by atoms with Crippen molar-refractivity contribution in [2.45, 2.75) is 33.7 Å². The predicted octanol–water partition coefficient (Wildman–Crippen LogP) is 0.766. The van der Waals surface area contributed by atoms with Crippen molar-refractivity contribution in [2.24, 2.45) is 16.6 Å². The molecule has 0 aromatic rings. The minimum absolute atomic E-state index is 0.109. The Kier molecular flexibility index (Phi) is 6.02. The van der Waals surface area contributed by atoms with Crippen molar-refractivity contribution in [1.82, 2.24) is 10.2 Å². The summed E-state index contributed by atoms with van der Waals surface area (Å²) in [6, 6.07) is 0.252. The molecule has 1 saturated heterocycles. The quantitative estimate of drug-likeness (QED) is 0.722. The van der Waals surface area contributed by atoms with Gasteiger partial charge in [0.25, 0.3) is 0 Å². The van der Waals surface area contributed by atoms with Crippen molar-refractivity contribution in [3.63, 3.8) is 0 Å². The zero-order chi connectivity index (χ0) is 14.4. The van der Waals surface area contributed by atoms with E-state index in [4.69, 9.17) is 5.73 Å². The summed E-state index contributed by atoms with van der Waals surface area (Å²) in [5.41, 5.74) is 7.95. The molecule has 5 heteroatoms. The molecule has 1 aliphatic heterocycles. The highest BCUT2D eigenvalue weighted by Gasteiger charge is 2.19. The van der Waals surface area contributed by atoms with Gasteiger partial charge in [-0.2, -0.15) is 0 Å². The summed E-state index contributed by atoms with van der Waals surface area (Å²) in [7, 11) is 0. The van der Waals surface area contributed by atoms with E-state index in [2.05, 4.69) is 24.2 Å². The van der Waals surface area contributed by atoms with Crippen molar-refractivity contribution >= 4 is 12.1 Å². The van der Waals surface area contributed by atoms with Gasteiger partial charge in [-0.1, -0.05) is 13.8 Å². The number of carbonyl (C=O) groups is 1. The van der Waals surface area contributed by atoms with Crippen LogP contribution in [0.1, 0.15) is 27.7 Å². The maximum Gasteiger partial charge on any atom is 0.236 e. The monoisotopic (exact) mass is 266 g/mol. The Morgan fingerprint density at radius 2 is 2.16 bits per heavy atom. The van der Waals surface area contributed by atoms with E-state index < -0.39 is 0 Å². The van der Waals surface area contributed by atoms with Crippen molar-refractivity contribution in [1.29, 1.82) is 0 Å². The van der Waals surface area contributed by atoms with E-state index in [0.717, 1.165) is 17.8 Å². The van der Waals surface area contributed by atoms with Crippen molar-refractivity contribution < 1.29 is 4.79 Å². The molecule has 0 aromatic heterocycles. The lowest BCUT2D eigenvalue weighted by Crippen LogP contribution is -2.49. The molecule has 108 valence electrons. The van der Waals surface area contributed by atoms with Crippen molar-refractivity contribution in [3.05, 3.63) is 11.3 Å². The van der Waals surface area contributed by atoms with Crippen LogP contribution >= 0.6 is 0 Å². The number of hydrogen-bond donors (Lipinski definition) is 2. The normalized spacial score (nSPS) is 18.6. The number of nitrogens with zero attached hydrogens (tertiary/aromatic N) is 2. The zero-order valence-corrected chi connectivity index (χ0v) is 12.4. The van der Waals surface area contributed by atoms with Crippen LogP contribution in [0.3, 0.4) is 0 Å². The Labute approximate surface area is 115 Å². The fourth-order valence-corrected chi connectivity index (χ4v) is 1.94. The highest BCUT2D eigenvalue weighted by Crippen LogP contribution is 2.12. The first-order valence-electron chi connectivity index (χ1n) is 6.92. The summed E-state index contributed by atoms with van der Waals surface area (Å²) in [5.74, 6) is 0.415. The number of piperazine rings is 1. The molecular weight excluding hydrogens is 240 g/mol. The molecule has 0 saturated carbocycles. The van der Waals surface area contributed by atoms with Gasteiger partial charge in [-0.3, -0.25) is 9.79 Å². The average Bonchev–Trinajstić information content (AvgIpc) is 2.31. The first kappa shape index (κ1) is 15.7. The first-order chi connectivity index (χ1) is 8.91. The van der Waals surface area contributed by atoms with Crippen LogP contribution in [0.2, 0.25) is 0 Å². The van der Waals surface area contributed by atoms with Gasteiger partial charge in [0, 0.05) is 31.0 Å². The van der Waals surface area contributed by atoms with E-state index in [1.165, 1.54) is 0 Å². The number of rotatable bonds is 5. The maximum absolute atomic E-state index is 11.7. The number of nitrogens with one attached hydrogen (secondary N) is 1. The first-order valence-corrected chi connectivity index (χ1v) is 6.92. The minimum atomic E-state index is 0.109. The van der Waals surface area contributed by atoms with Gasteiger partial charge in [0.05, 0.1) is 13.1 Å². The molecule has 0 atom stereocenters. The molecule has 1 rings (SSSR count). The predicted molar refractivity (Wildman–Crippen MR) is 79.1 cm³/mol. The van der Waals surface area contributed by atoms with E-state index in [0.29, 0.717) is 25.6 Å². The third-order valence-electron chi connectivity index (χ3n) is 3.05. The molecule has 0 spiro atoms. The van der Waals surface area contributed by atoms with Crippen LogP contribution in [0.15, 0.2) is 16.3 Å². The second kappa shape index (κ2) is 7.28. The lowest BCUT2D eigenvalue weighted by atomic mass is 10.0. The maximum atomic E-state index is 11.7. The second-order valence-corrected chi connectivity index (χ2v) is 5.50. The molecule has 19 heavy (non-hydrogen) atoms. The summed E-state index contributed by atoms with van der Waals surface area (Å²) < 4.78 is 0. The average molecular weight is 266 g/mol. The molecule has 0 unspecified atom stereocenters. The smallest absolute Gasteiger partial charge is 0.236 e. The van der Waals surface area contributed by atoms with Crippen molar-refractivity contribution in [2.75, 3.05) is 26.2 Å². The molecule has 0 bridgehead atoms. The molecule has 0 radical (unpaired) electrons. The molecule has 1 fully saturated rings.